The highest BCUT2D eigenvalue weighted by Crippen LogP contribution is 2.51. The average molecular weight is 450 g/mol. The number of aromatic nitrogens is 1. The maximum Gasteiger partial charge on any atom is 0.128 e. The summed E-state index contributed by atoms with van der Waals surface area (Å²) in [6.45, 7) is 2.22. The first-order chi connectivity index (χ1) is 15.0. The van der Waals surface area contributed by atoms with Gasteiger partial charge in [-0.1, -0.05) is 54.4 Å². The molecule has 1 aromatic heterocycles. The zero-order chi connectivity index (χ0) is 21.7. The number of fused-ring (bicyclic) bond motifs is 3. The van der Waals surface area contributed by atoms with Gasteiger partial charge >= 0.3 is 0 Å². The van der Waals surface area contributed by atoms with Gasteiger partial charge in [0, 0.05) is 44.9 Å². The number of rotatable bonds is 4. The molecule has 0 amide bonds. The SMILES string of the molecule is COc1cc(OC)c2c(c1)-n1c(-c3ccc(Cl)cc3)cc(-c3ccc(Cl)cc3)c1C2C. The number of ether oxygens (including phenoxy) is 2. The second-order valence-corrected chi connectivity index (χ2v) is 8.53. The Kier molecular flexibility index (Phi) is 4.96. The van der Waals surface area contributed by atoms with Crippen molar-refractivity contribution in [2.45, 2.75) is 12.8 Å². The summed E-state index contributed by atoms with van der Waals surface area (Å²) in [5, 5.41) is 1.44. The van der Waals surface area contributed by atoms with Crippen molar-refractivity contribution in [1.82, 2.24) is 4.57 Å². The van der Waals surface area contributed by atoms with Crippen LogP contribution in [-0.2, 0) is 0 Å². The average Bonchev–Trinajstić information content (AvgIpc) is 3.31. The number of hydrogen-bond donors (Lipinski definition) is 0. The van der Waals surface area contributed by atoms with Crippen LogP contribution < -0.4 is 9.47 Å². The number of benzene rings is 3. The summed E-state index contributed by atoms with van der Waals surface area (Å²) in [4.78, 5) is 0. The van der Waals surface area contributed by atoms with Gasteiger partial charge in [0.2, 0.25) is 0 Å². The van der Waals surface area contributed by atoms with Gasteiger partial charge in [0.25, 0.3) is 0 Å². The van der Waals surface area contributed by atoms with Crippen LogP contribution >= 0.6 is 23.2 Å². The fourth-order valence-corrected chi connectivity index (χ4v) is 4.79. The van der Waals surface area contributed by atoms with Gasteiger partial charge in [0.1, 0.15) is 11.5 Å². The lowest BCUT2D eigenvalue weighted by Gasteiger charge is -2.14. The highest BCUT2D eigenvalue weighted by atomic mass is 35.5. The standard InChI is InChI=1S/C26H21Cl2NO2/c1-15-25-23(12-20(30-2)13-24(25)31-3)29-22(17-6-10-19(28)11-7-17)14-21(26(15)29)16-4-8-18(27)9-5-16/h4-15H,1-3H3. The Morgan fingerprint density at radius 3 is 1.97 bits per heavy atom. The maximum atomic E-state index is 6.16. The highest BCUT2D eigenvalue weighted by molar-refractivity contribution is 6.31. The van der Waals surface area contributed by atoms with Crippen molar-refractivity contribution >= 4 is 23.2 Å². The molecule has 3 nitrogen and oxygen atoms in total. The number of halogens is 2. The van der Waals surface area contributed by atoms with Crippen molar-refractivity contribution in [1.29, 1.82) is 0 Å². The molecule has 5 rings (SSSR count). The van der Waals surface area contributed by atoms with Gasteiger partial charge in [-0.2, -0.15) is 0 Å². The van der Waals surface area contributed by atoms with Gasteiger partial charge in [-0.3, -0.25) is 0 Å². The second kappa shape index (κ2) is 7.67. The molecule has 4 aromatic rings. The van der Waals surface area contributed by atoms with Gasteiger partial charge in [0.15, 0.2) is 0 Å². The van der Waals surface area contributed by atoms with E-state index >= 15 is 0 Å². The molecule has 0 aliphatic carbocycles. The number of methoxy groups -OCH3 is 2. The van der Waals surface area contributed by atoms with E-state index in [1.54, 1.807) is 14.2 Å². The molecule has 1 aliphatic rings. The molecule has 0 saturated heterocycles. The van der Waals surface area contributed by atoms with E-state index in [2.05, 4.69) is 47.9 Å². The van der Waals surface area contributed by atoms with Gasteiger partial charge in [-0.05, 0) is 41.5 Å². The summed E-state index contributed by atoms with van der Waals surface area (Å²) >= 11 is 12.3. The van der Waals surface area contributed by atoms with Crippen LogP contribution in [0.3, 0.4) is 0 Å². The van der Waals surface area contributed by atoms with Crippen molar-refractivity contribution in [3.05, 3.63) is 88.0 Å². The van der Waals surface area contributed by atoms with Crippen molar-refractivity contribution in [2.24, 2.45) is 0 Å². The van der Waals surface area contributed by atoms with Crippen LogP contribution in [0.1, 0.15) is 24.1 Å². The first-order valence-corrected chi connectivity index (χ1v) is 10.8. The maximum absolute atomic E-state index is 6.16. The molecule has 0 saturated carbocycles. The van der Waals surface area contributed by atoms with E-state index in [0.717, 1.165) is 44.6 Å². The fourth-order valence-electron chi connectivity index (χ4n) is 4.54. The first-order valence-electron chi connectivity index (χ1n) is 10.1. The monoisotopic (exact) mass is 449 g/mol. The van der Waals surface area contributed by atoms with Crippen molar-refractivity contribution in [3.8, 4) is 39.6 Å². The van der Waals surface area contributed by atoms with E-state index in [1.807, 2.05) is 30.3 Å². The summed E-state index contributed by atoms with van der Waals surface area (Å²) in [6, 6.07) is 22.2. The first kappa shape index (κ1) is 20.0. The van der Waals surface area contributed by atoms with E-state index in [0.29, 0.717) is 5.02 Å². The molecule has 5 heteroatoms. The molecule has 0 bridgehead atoms. The summed E-state index contributed by atoms with van der Waals surface area (Å²) in [7, 11) is 3.38. The van der Waals surface area contributed by atoms with Crippen LogP contribution in [0.5, 0.6) is 11.5 Å². The minimum absolute atomic E-state index is 0.141. The van der Waals surface area contributed by atoms with E-state index in [1.165, 1.54) is 11.3 Å². The lowest BCUT2D eigenvalue weighted by Crippen LogP contribution is -1.98. The predicted molar refractivity (Wildman–Crippen MR) is 127 cm³/mol. The van der Waals surface area contributed by atoms with E-state index in [-0.39, 0.29) is 5.92 Å². The smallest absolute Gasteiger partial charge is 0.128 e. The van der Waals surface area contributed by atoms with Gasteiger partial charge < -0.3 is 14.0 Å². The molecule has 0 spiro atoms. The Bertz CT molecular complexity index is 1270. The van der Waals surface area contributed by atoms with Crippen molar-refractivity contribution in [2.75, 3.05) is 14.2 Å². The Balaban J connectivity index is 1.83. The van der Waals surface area contributed by atoms with Gasteiger partial charge in [0.05, 0.1) is 25.6 Å². The Morgan fingerprint density at radius 2 is 1.39 bits per heavy atom. The van der Waals surface area contributed by atoms with E-state index < -0.39 is 0 Å². The fraction of sp³-hybridized carbons (Fsp3) is 0.154. The van der Waals surface area contributed by atoms with E-state index in [9.17, 15) is 0 Å². The third kappa shape index (κ3) is 3.20. The second-order valence-electron chi connectivity index (χ2n) is 7.66. The minimum Gasteiger partial charge on any atom is -0.497 e. The van der Waals surface area contributed by atoms with Gasteiger partial charge in [-0.25, -0.2) is 0 Å². The molecule has 156 valence electrons. The number of nitrogens with zero attached hydrogens (tertiary/aromatic N) is 1. The Labute approximate surface area is 191 Å². The van der Waals surface area contributed by atoms with E-state index in [4.69, 9.17) is 32.7 Å². The molecule has 1 atom stereocenters. The van der Waals surface area contributed by atoms with Crippen LogP contribution in [0.25, 0.3) is 28.1 Å². The molecule has 1 aliphatic heterocycles. The lowest BCUT2D eigenvalue weighted by molar-refractivity contribution is 0.391. The normalized spacial score (nSPS) is 14.3. The molecule has 1 unspecified atom stereocenters. The minimum atomic E-state index is 0.141. The highest BCUT2D eigenvalue weighted by Gasteiger charge is 2.35. The summed E-state index contributed by atoms with van der Waals surface area (Å²) < 4.78 is 13.7. The van der Waals surface area contributed by atoms with Crippen LogP contribution in [0.15, 0.2) is 66.7 Å². The molecule has 0 fully saturated rings. The quantitative estimate of drug-likeness (QED) is 0.320. The molecule has 31 heavy (non-hydrogen) atoms. The summed E-state index contributed by atoms with van der Waals surface area (Å²) in [5.74, 6) is 1.73. The zero-order valence-electron chi connectivity index (χ0n) is 17.4. The topological polar surface area (TPSA) is 23.4 Å². The zero-order valence-corrected chi connectivity index (χ0v) is 19.0. The third-order valence-electron chi connectivity index (χ3n) is 5.97. The van der Waals surface area contributed by atoms with Crippen LogP contribution in [-0.4, -0.2) is 18.8 Å². The Morgan fingerprint density at radius 1 is 0.774 bits per heavy atom. The molecule has 0 N–H and O–H groups in total. The third-order valence-corrected chi connectivity index (χ3v) is 6.47. The van der Waals surface area contributed by atoms with Crippen molar-refractivity contribution in [3.63, 3.8) is 0 Å². The summed E-state index contributed by atoms with van der Waals surface area (Å²) in [5.41, 5.74) is 7.93. The molecular formula is C26H21Cl2NO2. The Hall–Kier alpha value is -2.88. The number of hydrogen-bond acceptors (Lipinski definition) is 2. The molecule has 3 aromatic carbocycles. The van der Waals surface area contributed by atoms with Crippen LogP contribution in [0.4, 0.5) is 0 Å². The lowest BCUT2D eigenvalue weighted by atomic mass is 9.93. The van der Waals surface area contributed by atoms with Crippen molar-refractivity contribution < 1.29 is 9.47 Å². The van der Waals surface area contributed by atoms with Gasteiger partial charge in [-0.15, -0.1) is 0 Å². The van der Waals surface area contributed by atoms with Crippen LogP contribution in [0.2, 0.25) is 10.0 Å². The predicted octanol–water partition coefficient (Wildman–Crippen LogP) is 7.60. The largest absolute Gasteiger partial charge is 0.497 e. The molecule has 0 radical (unpaired) electrons. The summed E-state index contributed by atoms with van der Waals surface area (Å²) in [6.07, 6.45) is 0. The van der Waals surface area contributed by atoms with Crippen LogP contribution in [0, 0.1) is 0 Å². The molecule has 2 heterocycles. The molecular weight excluding hydrogens is 429 g/mol.